The molecule has 6 nitrogen and oxygen atoms in total. The molecule has 1 N–H and O–H groups in total. The fourth-order valence-electron chi connectivity index (χ4n) is 1.64. The second-order valence-corrected chi connectivity index (χ2v) is 4.64. The van der Waals surface area contributed by atoms with Gasteiger partial charge in [-0.15, -0.1) is 0 Å². The SMILES string of the molecule is Cn1ncnc1CNc1c(Cl)ccc2nsnc12. The van der Waals surface area contributed by atoms with Crippen LogP contribution < -0.4 is 5.32 Å². The third-order valence-electron chi connectivity index (χ3n) is 2.61. The van der Waals surface area contributed by atoms with Crippen molar-refractivity contribution in [3.63, 3.8) is 0 Å². The summed E-state index contributed by atoms with van der Waals surface area (Å²) in [5, 5.41) is 7.87. The highest BCUT2D eigenvalue weighted by Crippen LogP contribution is 2.30. The Hall–Kier alpha value is -1.73. The number of aromatic nitrogens is 5. The Kier molecular flexibility index (Phi) is 2.85. The Morgan fingerprint density at radius 2 is 2.28 bits per heavy atom. The first-order valence-corrected chi connectivity index (χ1v) is 6.34. The van der Waals surface area contributed by atoms with E-state index in [9.17, 15) is 0 Å². The first-order valence-electron chi connectivity index (χ1n) is 5.23. The molecule has 18 heavy (non-hydrogen) atoms. The Morgan fingerprint density at radius 3 is 3.06 bits per heavy atom. The third-order valence-corrected chi connectivity index (χ3v) is 3.46. The van der Waals surface area contributed by atoms with E-state index in [-0.39, 0.29) is 0 Å². The normalized spacial score (nSPS) is 11.0. The van der Waals surface area contributed by atoms with Gasteiger partial charge in [-0.05, 0) is 12.1 Å². The predicted octanol–water partition coefficient (Wildman–Crippen LogP) is 2.09. The number of halogens is 1. The molecule has 0 saturated carbocycles. The van der Waals surface area contributed by atoms with Crippen LogP contribution in [0.25, 0.3) is 11.0 Å². The molecule has 3 rings (SSSR count). The van der Waals surface area contributed by atoms with Gasteiger partial charge in [0.25, 0.3) is 0 Å². The minimum Gasteiger partial charge on any atom is -0.375 e. The Balaban J connectivity index is 1.92. The van der Waals surface area contributed by atoms with Crippen LogP contribution in [0.4, 0.5) is 5.69 Å². The van der Waals surface area contributed by atoms with Gasteiger partial charge in [-0.25, -0.2) is 4.98 Å². The highest BCUT2D eigenvalue weighted by molar-refractivity contribution is 7.00. The van der Waals surface area contributed by atoms with Gasteiger partial charge >= 0.3 is 0 Å². The lowest BCUT2D eigenvalue weighted by molar-refractivity contribution is 0.712. The van der Waals surface area contributed by atoms with E-state index in [4.69, 9.17) is 11.6 Å². The number of hydrogen-bond acceptors (Lipinski definition) is 6. The van der Waals surface area contributed by atoms with Gasteiger partial charge in [0.15, 0.2) is 0 Å². The van der Waals surface area contributed by atoms with E-state index in [2.05, 4.69) is 24.1 Å². The Bertz CT molecular complexity index is 691. The van der Waals surface area contributed by atoms with Crippen molar-refractivity contribution in [3.8, 4) is 0 Å². The minimum absolute atomic E-state index is 0.535. The average molecular weight is 281 g/mol. The molecule has 0 unspecified atom stereocenters. The van der Waals surface area contributed by atoms with E-state index in [1.165, 1.54) is 18.1 Å². The van der Waals surface area contributed by atoms with Gasteiger partial charge in [0.2, 0.25) is 0 Å². The summed E-state index contributed by atoms with van der Waals surface area (Å²) in [5.74, 6) is 0.825. The molecule has 0 aliphatic heterocycles. The van der Waals surface area contributed by atoms with E-state index in [1.54, 1.807) is 4.68 Å². The molecule has 0 bridgehead atoms. The zero-order chi connectivity index (χ0) is 12.5. The summed E-state index contributed by atoms with van der Waals surface area (Å²) in [7, 11) is 1.84. The highest BCUT2D eigenvalue weighted by Gasteiger charge is 2.10. The van der Waals surface area contributed by atoms with Crippen molar-refractivity contribution in [1.82, 2.24) is 23.5 Å². The first-order chi connectivity index (χ1) is 8.75. The zero-order valence-electron chi connectivity index (χ0n) is 9.46. The molecule has 92 valence electrons. The third kappa shape index (κ3) is 1.91. The van der Waals surface area contributed by atoms with Crippen molar-refractivity contribution in [2.75, 3.05) is 5.32 Å². The molecule has 2 heterocycles. The predicted molar refractivity (Wildman–Crippen MR) is 70.8 cm³/mol. The number of nitrogens with one attached hydrogen (secondary N) is 1. The summed E-state index contributed by atoms with van der Waals surface area (Å²) >= 11 is 7.34. The van der Waals surface area contributed by atoms with E-state index in [1.807, 2.05) is 19.2 Å². The van der Waals surface area contributed by atoms with Gasteiger partial charge in [0.05, 0.1) is 29.0 Å². The average Bonchev–Trinajstić information content (AvgIpc) is 2.97. The van der Waals surface area contributed by atoms with Gasteiger partial charge < -0.3 is 5.32 Å². The van der Waals surface area contributed by atoms with Crippen molar-refractivity contribution in [2.45, 2.75) is 6.54 Å². The van der Waals surface area contributed by atoms with Crippen LogP contribution in [-0.4, -0.2) is 23.5 Å². The van der Waals surface area contributed by atoms with E-state index >= 15 is 0 Å². The van der Waals surface area contributed by atoms with Gasteiger partial charge in [0.1, 0.15) is 23.2 Å². The van der Waals surface area contributed by atoms with Gasteiger partial charge in [-0.3, -0.25) is 4.68 Å². The second kappa shape index (κ2) is 4.51. The Morgan fingerprint density at radius 1 is 1.39 bits per heavy atom. The van der Waals surface area contributed by atoms with Crippen molar-refractivity contribution in [3.05, 3.63) is 29.3 Å². The molecule has 0 aliphatic rings. The smallest absolute Gasteiger partial charge is 0.145 e. The number of hydrogen-bond donors (Lipinski definition) is 1. The second-order valence-electron chi connectivity index (χ2n) is 3.71. The van der Waals surface area contributed by atoms with Gasteiger partial charge in [0, 0.05) is 7.05 Å². The zero-order valence-corrected chi connectivity index (χ0v) is 11.0. The maximum Gasteiger partial charge on any atom is 0.145 e. The largest absolute Gasteiger partial charge is 0.375 e. The topological polar surface area (TPSA) is 68.5 Å². The van der Waals surface area contributed by atoms with Crippen molar-refractivity contribution >= 4 is 40.0 Å². The molecule has 0 atom stereocenters. The van der Waals surface area contributed by atoms with E-state index < -0.39 is 0 Å². The minimum atomic E-state index is 0.535. The van der Waals surface area contributed by atoms with E-state index in [0.717, 1.165) is 22.5 Å². The molecule has 0 aliphatic carbocycles. The summed E-state index contributed by atoms with van der Waals surface area (Å²) in [6, 6.07) is 3.67. The molecular weight excluding hydrogens is 272 g/mol. The standard InChI is InChI=1S/C10H9ClN6S/c1-17-8(13-5-14-17)4-12-9-6(11)2-3-7-10(9)16-18-15-7/h2-3,5,12H,4H2,1H3. The molecule has 2 aromatic heterocycles. The van der Waals surface area contributed by atoms with Crippen molar-refractivity contribution < 1.29 is 0 Å². The maximum absolute atomic E-state index is 6.17. The lowest BCUT2D eigenvalue weighted by atomic mass is 10.2. The molecule has 0 fully saturated rings. The molecule has 3 aromatic rings. The fourth-order valence-corrected chi connectivity index (χ4v) is 2.40. The maximum atomic E-state index is 6.17. The van der Waals surface area contributed by atoms with Crippen molar-refractivity contribution in [2.24, 2.45) is 7.05 Å². The van der Waals surface area contributed by atoms with Crippen LogP contribution in [-0.2, 0) is 13.6 Å². The molecule has 1 aromatic carbocycles. The lowest BCUT2D eigenvalue weighted by Gasteiger charge is -2.07. The summed E-state index contributed by atoms with van der Waals surface area (Å²) in [5.41, 5.74) is 2.41. The van der Waals surface area contributed by atoms with Crippen LogP contribution in [0.5, 0.6) is 0 Å². The number of benzene rings is 1. The lowest BCUT2D eigenvalue weighted by Crippen LogP contribution is -2.07. The van der Waals surface area contributed by atoms with Crippen LogP contribution in [0.3, 0.4) is 0 Å². The monoisotopic (exact) mass is 280 g/mol. The Labute approximate surface area is 112 Å². The van der Waals surface area contributed by atoms with Crippen molar-refractivity contribution in [1.29, 1.82) is 0 Å². The van der Waals surface area contributed by atoms with Crippen LogP contribution >= 0.6 is 23.3 Å². The summed E-state index contributed by atoms with van der Waals surface area (Å²) in [4.78, 5) is 4.14. The summed E-state index contributed by atoms with van der Waals surface area (Å²) in [6.07, 6.45) is 1.52. The molecule has 0 radical (unpaired) electrons. The number of nitrogens with zero attached hydrogens (tertiary/aromatic N) is 5. The fraction of sp³-hybridized carbons (Fsp3) is 0.200. The molecule has 8 heteroatoms. The number of aryl methyl sites for hydroxylation is 1. The quantitative estimate of drug-likeness (QED) is 0.795. The molecule has 0 saturated heterocycles. The van der Waals surface area contributed by atoms with Gasteiger partial charge in [-0.2, -0.15) is 13.8 Å². The number of fused-ring (bicyclic) bond motifs is 1. The molecule has 0 amide bonds. The summed E-state index contributed by atoms with van der Waals surface area (Å²) in [6.45, 7) is 0.535. The molecule has 0 spiro atoms. The van der Waals surface area contributed by atoms with Crippen LogP contribution in [0.2, 0.25) is 5.02 Å². The first kappa shape index (κ1) is 11.4. The summed E-state index contributed by atoms with van der Waals surface area (Å²) < 4.78 is 10.1. The number of anilines is 1. The van der Waals surface area contributed by atoms with Gasteiger partial charge in [-0.1, -0.05) is 11.6 Å². The van der Waals surface area contributed by atoms with Crippen LogP contribution in [0, 0.1) is 0 Å². The van der Waals surface area contributed by atoms with Crippen LogP contribution in [0.1, 0.15) is 5.82 Å². The van der Waals surface area contributed by atoms with Crippen LogP contribution in [0.15, 0.2) is 18.5 Å². The highest BCUT2D eigenvalue weighted by atomic mass is 35.5. The molecular formula is C10H9ClN6S. The number of rotatable bonds is 3. The van der Waals surface area contributed by atoms with E-state index in [0.29, 0.717) is 11.6 Å².